The van der Waals surface area contributed by atoms with E-state index in [2.05, 4.69) is 15.9 Å². The van der Waals surface area contributed by atoms with Crippen LogP contribution in [-0.4, -0.2) is 24.5 Å². The maximum Gasteiger partial charge on any atom is 0.413 e. The molecule has 5 nitrogen and oxygen atoms in total. The van der Waals surface area contributed by atoms with Gasteiger partial charge in [0, 0.05) is 23.0 Å². The number of benzene rings is 1. The van der Waals surface area contributed by atoms with Gasteiger partial charge in [-0.1, -0.05) is 15.9 Å². The van der Waals surface area contributed by atoms with Crippen LogP contribution in [0.2, 0.25) is 0 Å². The molecule has 0 aliphatic carbocycles. The lowest BCUT2D eigenvalue weighted by Crippen LogP contribution is -2.22. The number of amides is 1. The molecule has 0 bridgehead atoms. The number of anilines is 1. The van der Waals surface area contributed by atoms with E-state index in [1.807, 2.05) is 0 Å². The van der Waals surface area contributed by atoms with Crippen LogP contribution in [0, 0.1) is 0 Å². The topological polar surface area (TPSA) is 70.8 Å². The molecule has 1 amide bonds. The van der Waals surface area contributed by atoms with Gasteiger partial charge < -0.3 is 9.52 Å². The first-order valence-electron chi connectivity index (χ1n) is 4.68. The van der Waals surface area contributed by atoms with Gasteiger partial charge in [0.25, 0.3) is 0 Å². The molecule has 0 aliphatic rings. The lowest BCUT2D eigenvalue weighted by atomic mass is 10.2. The Bertz CT molecular complexity index is 605. The fourth-order valence-electron chi connectivity index (χ4n) is 1.48. The monoisotopic (exact) mass is 297 g/mol. The van der Waals surface area contributed by atoms with E-state index in [-0.39, 0.29) is 5.88 Å². The Morgan fingerprint density at radius 2 is 2.18 bits per heavy atom. The normalized spacial score (nSPS) is 10.5. The Morgan fingerprint density at radius 3 is 2.76 bits per heavy atom. The number of hydrogen-bond donors (Lipinski definition) is 1. The number of hydrogen-bond acceptors (Lipinski definition) is 3. The Morgan fingerprint density at radius 1 is 1.47 bits per heavy atom. The number of carboxylic acid groups (broad SMARTS) is 1. The van der Waals surface area contributed by atoms with Crippen molar-refractivity contribution in [2.24, 2.45) is 0 Å². The summed E-state index contributed by atoms with van der Waals surface area (Å²) in [4.78, 5) is 22.6. The van der Waals surface area contributed by atoms with Crippen molar-refractivity contribution in [3.63, 3.8) is 0 Å². The second-order valence-electron chi connectivity index (χ2n) is 3.46. The summed E-state index contributed by atoms with van der Waals surface area (Å²) >= 11 is 3.27. The van der Waals surface area contributed by atoms with Gasteiger partial charge in [-0.3, -0.25) is 9.69 Å². The van der Waals surface area contributed by atoms with E-state index in [0.29, 0.717) is 22.8 Å². The molecule has 0 spiro atoms. The lowest BCUT2D eigenvalue weighted by Gasteiger charge is -2.07. The molecule has 17 heavy (non-hydrogen) atoms. The molecule has 1 aromatic heterocycles. The zero-order valence-electron chi connectivity index (χ0n) is 8.81. The summed E-state index contributed by atoms with van der Waals surface area (Å²) in [7, 11) is 1.37. The van der Waals surface area contributed by atoms with Crippen LogP contribution in [0.25, 0.3) is 11.0 Å². The molecule has 0 aliphatic heterocycles. The van der Waals surface area contributed by atoms with E-state index in [1.54, 1.807) is 18.2 Å². The second-order valence-corrected chi connectivity index (χ2v) is 4.37. The van der Waals surface area contributed by atoms with Gasteiger partial charge in [-0.15, -0.1) is 0 Å². The third kappa shape index (κ3) is 2.03. The highest BCUT2D eigenvalue weighted by atomic mass is 79.9. The summed E-state index contributed by atoms with van der Waals surface area (Å²) in [5.41, 5.74) is 0.755. The smallest absolute Gasteiger partial charge is 0.413 e. The van der Waals surface area contributed by atoms with Gasteiger partial charge in [0.1, 0.15) is 5.58 Å². The minimum absolute atomic E-state index is 0.175. The third-order valence-electron chi connectivity index (χ3n) is 2.34. The first kappa shape index (κ1) is 11.7. The molecule has 1 N–H and O–H groups in total. The van der Waals surface area contributed by atoms with Crippen molar-refractivity contribution in [3.8, 4) is 0 Å². The molecule has 0 unspecified atom stereocenters. The van der Waals surface area contributed by atoms with Crippen molar-refractivity contribution >= 4 is 45.2 Å². The maximum atomic E-state index is 10.9. The van der Waals surface area contributed by atoms with E-state index in [4.69, 9.17) is 9.52 Å². The Labute approximate surface area is 105 Å². The highest BCUT2D eigenvalue weighted by molar-refractivity contribution is 9.10. The predicted octanol–water partition coefficient (Wildman–Crippen LogP) is 3.12. The van der Waals surface area contributed by atoms with E-state index >= 15 is 0 Å². The van der Waals surface area contributed by atoms with E-state index < -0.39 is 6.09 Å². The van der Waals surface area contributed by atoms with E-state index in [9.17, 15) is 9.59 Å². The Balaban J connectivity index is 2.64. The van der Waals surface area contributed by atoms with E-state index in [0.717, 1.165) is 9.37 Å². The van der Waals surface area contributed by atoms with Crippen molar-refractivity contribution < 1.29 is 19.1 Å². The van der Waals surface area contributed by atoms with Crippen LogP contribution in [-0.2, 0) is 0 Å². The number of furan rings is 1. The van der Waals surface area contributed by atoms with E-state index in [1.165, 1.54) is 7.05 Å². The minimum Gasteiger partial charge on any atom is -0.465 e. The third-order valence-corrected chi connectivity index (χ3v) is 2.80. The van der Waals surface area contributed by atoms with Gasteiger partial charge in [-0.2, -0.15) is 0 Å². The zero-order valence-corrected chi connectivity index (χ0v) is 10.4. The molecule has 1 aromatic carbocycles. The fraction of sp³-hybridized carbons (Fsp3) is 0.0909. The van der Waals surface area contributed by atoms with Crippen LogP contribution in [0.3, 0.4) is 0 Å². The summed E-state index contributed by atoms with van der Waals surface area (Å²) in [5, 5.41) is 9.50. The molecule has 0 atom stereocenters. The van der Waals surface area contributed by atoms with Gasteiger partial charge in [0.05, 0.1) is 5.56 Å². The highest BCUT2D eigenvalue weighted by Gasteiger charge is 2.15. The predicted molar refractivity (Wildman–Crippen MR) is 65.7 cm³/mol. The van der Waals surface area contributed by atoms with Crippen LogP contribution in [0.1, 0.15) is 10.4 Å². The largest absolute Gasteiger partial charge is 0.465 e. The average molecular weight is 298 g/mol. The van der Waals surface area contributed by atoms with Gasteiger partial charge in [0.2, 0.25) is 5.88 Å². The number of nitrogens with zero attached hydrogens (tertiary/aromatic N) is 1. The molecule has 2 aromatic rings. The number of rotatable bonds is 2. The number of halogens is 1. The first-order chi connectivity index (χ1) is 8.02. The maximum absolute atomic E-state index is 10.9. The van der Waals surface area contributed by atoms with Gasteiger partial charge >= 0.3 is 6.09 Å². The summed E-state index contributed by atoms with van der Waals surface area (Å²) < 4.78 is 6.09. The summed E-state index contributed by atoms with van der Waals surface area (Å²) in [6.07, 6.45) is -0.461. The first-order valence-corrected chi connectivity index (χ1v) is 5.47. The molecular weight excluding hydrogens is 290 g/mol. The van der Waals surface area contributed by atoms with Gasteiger partial charge in [-0.25, -0.2) is 4.79 Å². The van der Waals surface area contributed by atoms with Crippen molar-refractivity contribution in [1.82, 2.24) is 0 Å². The van der Waals surface area contributed by atoms with Crippen LogP contribution < -0.4 is 4.90 Å². The van der Waals surface area contributed by atoms with Crippen molar-refractivity contribution in [3.05, 3.63) is 28.2 Å². The molecule has 2 rings (SSSR count). The Hall–Kier alpha value is -1.82. The lowest BCUT2D eigenvalue weighted by molar-refractivity contribution is 0.112. The van der Waals surface area contributed by atoms with Crippen LogP contribution >= 0.6 is 15.9 Å². The SMILES string of the molecule is CN(C(=O)O)c1cc2cc(Br)cc(C=O)c2o1. The van der Waals surface area contributed by atoms with Gasteiger partial charge in [0.15, 0.2) is 6.29 Å². The summed E-state index contributed by atoms with van der Waals surface area (Å²) in [5.74, 6) is 0.175. The minimum atomic E-state index is -1.13. The molecule has 1 heterocycles. The molecule has 0 saturated carbocycles. The molecule has 0 fully saturated rings. The van der Waals surface area contributed by atoms with Crippen molar-refractivity contribution in [2.45, 2.75) is 0 Å². The molecule has 0 saturated heterocycles. The summed E-state index contributed by atoms with van der Waals surface area (Å²) in [6, 6.07) is 4.94. The zero-order chi connectivity index (χ0) is 12.6. The number of fused-ring (bicyclic) bond motifs is 1. The second kappa shape index (κ2) is 4.21. The number of carbonyl (C=O) groups is 2. The molecule has 6 heteroatoms. The Kier molecular flexibility index (Phi) is 2.89. The molecule has 0 radical (unpaired) electrons. The van der Waals surface area contributed by atoms with Crippen LogP contribution in [0.15, 0.2) is 27.1 Å². The van der Waals surface area contributed by atoms with Gasteiger partial charge in [-0.05, 0) is 12.1 Å². The highest BCUT2D eigenvalue weighted by Crippen LogP contribution is 2.30. The number of carbonyl (C=O) groups excluding carboxylic acids is 1. The standard InChI is InChI=1S/C11H8BrNO4/c1-13(11(15)16)9-4-6-2-8(12)3-7(5-14)10(6)17-9/h2-5H,1H3,(H,15,16). The molecular formula is C11H8BrNO4. The average Bonchev–Trinajstić information content (AvgIpc) is 2.69. The fourth-order valence-corrected chi connectivity index (χ4v) is 1.97. The number of aldehydes is 1. The van der Waals surface area contributed by atoms with Crippen LogP contribution in [0.4, 0.5) is 10.7 Å². The van der Waals surface area contributed by atoms with Crippen LogP contribution in [0.5, 0.6) is 0 Å². The summed E-state index contributed by atoms with van der Waals surface area (Å²) in [6.45, 7) is 0. The van der Waals surface area contributed by atoms with Crippen molar-refractivity contribution in [2.75, 3.05) is 11.9 Å². The van der Waals surface area contributed by atoms with Crippen molar-refractivity contribution in [1.29, 1.82) is 0 Å². The molecule has 88 valence electrons. The quantitative estimate of drug-likeness (QED) is 0.865.